The van der Waals surface area contributed by atoms with Crippen molar-refractivity contribution in [3.8, 4) is 0 Å². The molecule has 0 rings (SSSR count). The Balaban J connectivity index is 3.37. The number of hydrogen-bond acceptors (Lipinski definition) is 1. The number of hydrogen-bond donors (Lipinski definition) is 0. The minimum absolute atomic E-state index is 1.11. The van der Waals surface area contributed by atoms with Crippen LogP contribution < -0.4 is 0 Å². The summed E-state index contributed by atoms with van der Waals surface area (Å²) < 4.78 is 0. The highest BCUT2D eigenvalue weighted by Crippen LogP contribution is 2.03. The topological polar surface area (TPSA) is 3.24 Å². The second-order valence-corrected chi connectivity index (χ2v) is 3.71. The maximum Gasteiger partial charge on any atom is 0.0175 e. The first-order chi connectivity index (χ1) is 6.85. The molecule has 0 heterocycles. The van der Waals surface area contributed by atoms with E-state index >= 15 is 0 Å². The molecule has 1 heteroatoms. The summed E-state index contributed by atoms with van der Waals surface area (Å²) in [5, 5.41) is 0. The predicted molar refractivity (Wildman–Crippen MR) is 65.3 cm³/mol. The van der Waals surface area contributed by atoms with E-state index in [1.54, 1.807) is 0 Å². The van der Waals surface area contributed by atoms with E-state index in [-0.39, 0.29) is 0 Å². The summed E-state index contributed by atoms with van der Waals surface area (Å²) in [6.07, 6.45) is 11.6. The molecule has 0 saturated carbocycles. The molecule has 0 aliphatic carbocycles. The van der Waals surface area contributed by atoms with Crippen molar-refractivity contribution in [1.82, 2.24) is 4.90 Å². The fourth-order valence-electron chi connectivity index (χ4n) is 1.47. The number of unbranched alkanes of at least 4 members (excludes halogenated alkanes) is 4. The van der Waals surface area contributed by atoms with Crippen molar-refractivity contribution in [3.05, 3.63) is 25.4 Å². The molecule has 0 N–H and O–H groups in total. The van der Waals surface area contributed by atoms with Crippen LogP contribution in [0.1, 0.15) is 45.4 Å². The Labute approximate surface area is 89.5 Å². The van der Waals surface area contributed by atoms with Crippen LogP contribution in [0.15, 0.2) is 25.4 Å². The molecule has 14 heavy (non-hydrogen) atoms. The van der Waals surface area contributed by atoms with Gasteiger partial charge in [0.05, 0.1) is 0 Å². The van der Waals surface area contributed by atoms with Crippen molar-refractivity contribution in [1.29, 1.82) is 0 Å². The largest absolute Gasteiger partial charge is 0.378 e. The molecule has 0 aromatic carbocycles. The summed E-state index contributed by atoms with van der Waals surface area (Å²) in [5.74, 6) is 0. The molecule has 0 fully saturated rings. The molecule has 0 unspecified atom stereocenters. The Morgan fingerprint density at radius 3 is 2.29 bits per heavy atom. The van der Waals surface area contributed by atoms with Crippen LogP contribution >= 0.6 is 0 Å². The van der Waals surface area contributed by atoms with Crippen LogP contribution in [-0.2, 0) is 0 Å². The first-order valence-electron chi connectivity index (χ1n) is 5.82. The molecule has 0 aromatic rings. The molecule has 0 aliphatic rings. The van der Waals surface area contributed by atoms with Crippen molar-refractivity contribution in [2.75, 3.05) is 13.1 Å². The summed E-state index contributed by atoms with van der Waals surface area (Å²) in [6.45, 7) is 12.1. The second kappa shape index (κ2) is 10.4. The maximum atomic E-state index is 3.84. The Hall–Kier alpha value is -0.720. The predicted octanol–water partition coefficient (Wildman–Crippen LogP) is 3.98. The molecule has 0 atom stereocenters. The molecular weight excluding hydrogens is 170 g/mol. The van der Waals surface area contributed by atoms with E-state index in [1.807, 2.05) is 12.3 Å². The normalized spacial score (nSPS) is 9.79. The Kier molecular flexibility index (Phi) is 9.83. The van der Waals surface area contributed by atoms with E-state index in [1.165, 1.54) is 38.6 Å². The van der Waals surface area contributed by atoms with Gasteiger partial charge in [0.25, 0.3) is 0 Å². The van der Waals surface area contributed by atoms with Crippen molar-refractivity contribution >= 4 is 0 Å². The summed E-state index contributed by atoms with van der Waals surface area (Å²) in [7, 11) is 0. The van der Waals surface area contributed by atoms with Crippen LogP contribution in [0, 0.1) is 0 Å². The molecule has 0 bridgehead atoms. The quantitative estimate of drug-likeness (QED) is 0.376. The van der Waals surface area contributed by atoms with Crippen LogP contribution in [0.2, 0.25) is 0 Å². The molecule has 0 saturated heterocycles. The highest BCUT2D eigenvalue weighted by molar-refractivity contribution is 4.73. The number of rotatable bonds is 10. The van der Waals surface area contributed by atoms with Crippen LogP contribution in [0.4, 0.5) is 0 Å². The molecular formula is C13H25N. The summed E-state index contributed by atoms with van der Waals surface area (Å²) in [5.41, 5.74) is 0. The highest BCUT2D eigenvalue weighted by Gasteiger charge is 1.97. The van der Waals surface area contributed by atoms with Gasteiger partial charge < -0.3 is 4.90 Å². The van der Waals surface area contributed by atoms with Crippen molar-refractivity contribution in [2.45, 2.75) is 45.4 Å². The van der Waals surface area contributed by atoms with Crippen molar-refractivity contribution in [3.63, 3.8) is 0 Å². The number of allylic oxidation sites excluding steroid dienone is 1. The lowest BCUT2D eigenvalue weighted by Gasteiger charge is -2.19. The van der Waals surface area contributed by atoms with E-state index < -0.39 is 0 Å². The molecule has 1 nitrogen and oxygen atoms in total. The van der Waals surface area contributed by atoms with Crippen LogP contribution in [0.5, 0.6) is 0 Å². The Morgan fingerprint density at radius 2 is 1.71 bits per heavy atom. The van der Waals surface area contributed by atoms with E-state index in [4.69, 9.17) is 0 Å². The van der Waals surface area contributed by atoms with Crippen LogP contribution in [-0.4, -0.2) is 18.0 Å². The second-order valence-electron chi connectivity index (χ2n) is 3.71. The standard InChI is InChI=1S/C13H25N/c1-4-7-9-11-13-14(6-3)12-10-8-5-2/h5-6H,2-4,7-13H2,1H3. The SMILES string of the molecule is C=CCCCN(C=C)CCCCCC. The van der Waals surface area contributed by atoms with Crippen molar-refractivity contribution < 1.29 is 0 Å². The minimum Gasteiger partial charge on any atom is -0.378 e. The fraction of sp³-hybridized carbons (Fsp3) is 0.692. The lowest BCUT2D eigenvalue weighted by Crippen LogP contribution is -2.19. The lowest BCUT2D eigenvalue weighted by atomic mass is 10.2. The molecule has 0 radical (unpaired) electrons. The molecule has 0 amide bonds. The third-order valence-electron chi connectivity index (χ3n) is 2.41. The average molecular weight is 195 g/mol. The summed E-state index contributed by atoms with van der Waals surface area (Å²) in [4.78, 5) is 2.32. The molecule has 0 spiro atoms. The Morgan fingerprint density at radius 1 is 1.00 bits per heavy atom. The average Bonchev–Trinajstić information content (AvgIpc) is 2.22. The fourth-order valence-corrected chi connectivity index (χ4v) is 1.47. The lowest BCUT2D eigenvalue weighted by molar-refractivity contribution is 0.359. The zero-order chi connectivity index (χ0) is 10.6. The van der Waals surface area contributed by atoms with Gasteiger partial charge in [0.2, 0.25) is 0 Å². The van der Waals surface area contributed by atoms with E-state index in [0.29, 0.717) is 0 Å². The van der Waals surface area contributed by atoms with E-state index in [0.717, 1.165) is 13.0 Å². The highest BCUT2D eigenvalue weighted by atomic mass is 15.1. The monoisotopic (exact) mass is 195 g/mol. The third-order valence-corrected chi connectivity index (χ3v) is 2.41. The van der Waals surface area contributed by atoms with Gasteiger partial charge in [-0.05, 0) is 25.5 Å². The maximum absolute atomic E-state index is 3.84. The minimum atomic E-state index is 1.11. The van der Waals surface area contributed by atoms with Gasteiger partial charge >= 0.3 is 0 Å². The van der Waals surface area contributed by atoms with Crippen LogP contribution in [0.25, 0.3) is 0 Å². The van der Waals surface area contributed by atoms with Gasteiger partial charge in [0, 0.05) is 13.1 Å². The van der Waals surface area contributed by atoms with Gasteiger partial charge in [-0.2, -0.15) is 0 Å². The van der Waals surface area contributed by atoms with Crippen molar-refractivity contribution in [2.24, 2.45) is 0 Å². The van der Waals surface area contributed by atoms with Crippen LogP contribution in [0.3, 0.4) is 0 Å². The zero-order valence-corrected chi connectivity index (χ0v) is 9.67. The van der Waals surface area contributed by atoms with Gasteiger partial charge in [0.1, 0.15) is 0 Å². The third kappa shape index (κ3) is 7.90. The van der Waals surface area contributed by atoms with Gasteiger partial charge in [-0.25, -0.2) is 0 Å². The van der Waals surface area contributed by atoms with Gasteiger partial charge in [-0.3, -0.25) is 0 Å². The first kappa shape index (κ1) is 13.3. The van der Waals surface area contributed by atoms with Gasteiger partial charge in [-0.1, -0.05) is 38.8 Å². The zero-order valence-electron chi connectivity index (χ0n) is 9.67. The molecule has 0 aromatic heterocycles. The molecule has 82 valence electrons. The number of nitrogens with zero attached hydrogens (tertiary/aromatic N) is 1. The van der Waals surface area contributed by atoms with Gasteiger partial charge in [-0.15, -0.1) is 6.58 Å². The van der Waals surface area contributed by atoms with Gasteiger partial charge in [0.15, 0.2) is 0 Å². The summed E-state index contributed by atoms with van der Waals surface area (Å²) in [6, 6.07) is 0. The van der Waals surface area contributed by atoms with E-state index in [2.05, 4.69) is 25.0 Å². The first-order valence-corrected chi connectivity index (χ1v) is 5.82. The summed E-state index contributed by atoms with van der Waals surface area (Å²) >= 11 is 0. The Bertz CT molecular complexity index is 140. The smallest absolute Gasteiger partial charge is 0.0175 e. The molecule has 0 aliphatic heterocycles. The van der Waals surface area contributed by atoms with E-state index in [9.17, 15) is 0 Å².